The van der Waals surface area contributed by atoms with E-state index in [0.29, 0.717) is 11.6 Å². The van der Waals surface area contributed by atoms with E-state index < -0.39 is 0 Å². The zero-order chi connectivity index (χ0) is 10.4. The number of nitrogens with one attached hydrogen (secondary N) is 1. The van der Waals surface area contributed by atoms with Crippen LogP contribution in [0.3, 0.4) is 0 Å². The zero-order valence-electron chi connectivity index (χ0n) is 8.33. The van der Waals surface area contributed by atoms with Crippen LogP contribution in [-0.2, 0) is 11.2 Å². The van der Waals surface area contributed by atoms with Gasteiger partial charge in [0.15, 0.2) is 0 Å². The average molecular weight is 216 g/mol. The first-order valence-electron chi connectivity index (χ1n) is 4.39. The molecule has 1 rings (SSSR count). The molecule has 0 aliphatic carbocycles. The molecule has 0 aromatic carbocycles. The molecule has 1 heterocycles. The van der Waals surface area contributed by atoms with Gasteiger partial charge < -0.3 is 10.1 Å². The molecule has 5 heteroatoms. The van der Waals surface area contributed by atoms with Gasteiger partial charge in [0.25, 0.3) is 0 Å². The highest BCUT2D eigenvalue weighted by Crippen LogP contribution is 2.04. The summed E-state index contributed by atoms with van der Waals surface area (Å²) < 4.78 is 5.05. The molecule has 78 valence electrons. The van der Waals surface area contributed by atoms with Crippen molar-refractivity contribution in [3.05, 3.63) is 23.2 Å². The number of rotatable bonds is 5. The van der Waals surface area contributed by atoms with Crippen LogP contribution in [0, 0.1) is 0 Å². The number of halogens is 1. The largest absolute Gasteiger partial charge is 0.383 e. The Morgan fingerprint density at radius 2 is 2.14 bits per heavy atom. The lowest BCUT2D eigenvalue weighted by molar-refractivity contribution is 0.168. The van der Waals surface area contributed by atoms with Crippen molar-refractivity contribution < 1.29 is 4.74 Å². The molecular formula is C9H14ClN3O. The lowest BCUT2D eigenvalue weighted by Gasteiger charge is -2.13. The smallest absolute Gasteiger partial charge is 0.129 e. The van der Waals surface area contributed by atoms with Gasteiger partial charge in [-0.1, -0.05) is 11.6 Å². The van der Waals surface area contributed by atoms with Crippen LogP contribution in [-0.4, -0.2) is 36.8 Å². The second kappa shape index (κ2) is 5.90. The van der Waals surface area contributed by atoms with Gasteiger partial charge in [-0.05, 0) is 7.05 Å². The van der Waals surface area contributed by atoms with E-state index in [2.05, 4.69) is 15.3 Å². The fourth-order valence-corrected chi connectivity index (χ4v) is 1.21. The predicted octanol–water partition coefficient (Wildman–Crippen LogP) is 0.907. The van der Waals surface area contributed by atoms with Crippen LogP contribution in [0.4, 0.5) is 0 Å². The Balaban J connectivity index is 2.53. The van der Waals surface area contributed by atoms with Gasteiger partial charge in [-0.15, -0.1) is 0 Å². The summed E-state index contributed by atoms with van der Waals surface area (Å²) >= 11 is 5.68. The van der Waals surface area contributed by atoms with E-state index in [4.69, 9.17) is 16.3 Å². The molecule has 0 amide bonds. The first-order chi connectivity index (χ1) is 6.76. The van der Waals surface area contributed by atoms with E-state index in [0.717, 1.165) is 12.2 Å². The minimum atomic E-state index is 0.237. The van der Waals surface area contributed by atoms with Crippen molar-refractivity contribution >= 4 is 11.6 Å². The molecule has 0 aliphatic rings. The molecule has 1 unspecified atom stereocenters. The fourth-order valence-electron chi connectivity index (χ4n) is 1.11. The number of hydrogen-bond acceptors (Lipinski definition) is 4. The van der Waals surface area contributed by atoms with Gasteiger partial charge in [0.1, 0.15) is 5.82 Å². The van der Waals surface area contributed by atoms with Crippen LogP contribution in [0.15, 0.2) is 12.4 Å². The van der Waals surface area contributed by atoms with Gasteiger partial charge in [-0.25, -0.2) is 9.97 Å². The van der Waals surface area contributed by atoms with E-state index >= 15 is 0 Å². The molecule has 1 aromatic rings. The second-order valence-electron chi connectivity index (χ2n) is 2.96. The van der Waals surface area contributed by atoms with E-state index in [9.17, 15) is 0 Å². The van der Waals surface area contributed by atoms with Crippen LogP contribution < -0.4 is 5.32 Å². The van der Waals surface area contributed by atoms with Crippen molar-refractivity contribution in [2.24, 2.45) is 0 Å². The Labute approximate surface area is 88.7 Å². The minimum absolute atomic E-state index is 0.237. The van der Waals surface area contributed by atoms with Crippen LogP contribution in [0.2, 0.25) is 5.02 Å². The molecule has 0 bridgehead atoms. The highest BCUT2D eigenvalue weighted by atomic mass is 35.5. The Hall–Kier alpha value is -0.710. The Kier molecular flexibility index (Phi) is 4.79. The van der Waals surface area contributed by atoms with Crippen molar-refractivity contribution in [3.8, 4) is 0 Å². The number of nitrogens with zero attached hydrogens (tertiary/aromatic N) is 2. The van der Waals surface area contributed by atoms with Crippen LogP contribution in [0.5, 0.6) is 0 Å². The maximum absolute atomic E-state index is 5.68. The molecule has 1 N–H and O–H groups in total. The van der Waals surface area contributed by atoms with Crippen molar-refractivity contribution in [1.29, 1.82) is 0 Å². The fraction of sp³-hybridized carbons (Fsp3) is 0.556. The van der Waals surface area contributed by atoms with Crippen molar-refractivity contribution in [2.75, 3.05) is 20.8 Å². The minimum Gasteiger partial charge on any atom is -0.383 e. The molecule has 0 saturated carbocycles. The van der Waals surface area contributed by atoms with Gasteiger partial charge in [-0.2, -0.15) is 0 Å². The van der Waals surface area contributed by atoms with E-state index in [-0.39, 0.29) is 6.04 Å². The van der Waals surface area contributed by atoms with Gasteiger partial charge >= 0.3 is 0 Å². The first kappa shape index (κ1) is 11.4. The lowest BCUT2D eigenvalue weighted by atomic mass is 10.2. The van der Waals surface area contributed by atoms with E-state index in [1.165, 1.54) is 0 Å². The van der Waals surface area contributed by atoms with Gasteiger partial charge in [-0.3, -0.25) is 0 Å². The van der Waals surface area contributed by atoms with Gasteiger partial charge in [0.2, 0.25) is 0 Å². The molecule has 0 aliphatic heterocycles. The Morgan fingerprint density at radius 3 is 2.64 bits per heavy atom. The SMILES string of the molecule is CNC(COC)Cc1ncc(Cl)cn1. The first-order valence-corrected chi connectivity index (χ1v) is 4.76. The van der Waals surface area contributed by atoms with Crippen molar-refractivity contribution in [1.82, 2.24) is 15.3 Å². The van der Waals surface area contributed by atoms with Gasteiger partial charge in [0.05, 0.1) is 11.6 Å². The number of ether oxygens (including phenoxy) is 1. The highest BCUT2D eigenvalue weighted by Gasteiger charge is 2.08. The molecule has 0 radical (unpaired) electrons. The Morgan fingerprint density at radius 1 is 1.50 bits per heavy atom. The number of aromatic nitrogens is 2. The Bertz CT molecular complexity index is 265. The van der Waals surface area contributed by atoms with Crippen molar-refractivity contribution in [3.63, 3.8) is 0 Å². The topological polar surface area (TPSA) is 47.0 Å². The summed E-state index contributed by atoms with van der Waals surface area (Å²) in [5, 5.41) is 3.69. The third kappa shape index (κ3) is 3.57. The maximum atomic E-state index is 5.68. The molecule has 4 nitrogen and oxygen atoms in total. The quantitative estimate of drug-likeness (QED) is 0.793. The van der Waals surface area contributed by atoms with Gasteiger partial charge in [0, 0.05) is 32.0 Å². The average Bonchev–Trinajstić information content (AvgIpc) is 2.20. The normalized spacial score (nSPS) is 12.8. The molecule has 0 fully saturated rings. The van der Waals surface area contributed by atoms with E-state index in [1.807, 2.05) is 7.05 Å². The summed E-state index contributed by atoms with van der Waals surface area (Å²) in [6.45, 7) is 0.641. The van der Waals surface area contributed by atoms with Crippen molar-refractivity contribution in [2.45, 2.75) is 12.5 Å². The monoisotopic (exact) mass is 215 g/mol. The van der Waals surface area contributed by atoms with Crippen LogP contribution >= 0.6 is 11.6 Å². The summed E-state index contributed by atoms with van der Waals surface area (Å²) in [4.78, 5) is 8.22. The van der Waals surface area contributed by atoms with Crippen LogP contribution in [0.25, 0.3) is 0 Å². The third-order valence-electron chi connectivity index (χ3n) is 1.88. The molecule has 1 atom stereocenters. The predicted molar refractivity (Wildman–Crippen MR) is 55.5 cm³/mol. The maximum Gasteiger partial charge on any atom is 0.129 e. The van der Waals surface area contributed by atoms with E-state index in [1.54, 1.807) is 19.5 Å². The second-order valence-corrected chi connectivity index (χ2v) is 3.40. The molecule has 14 heavy (non-hydrogen) atoms. The number of hydrogen-bond donors (Lipinski definition) is 1. The summed E-state index contributed by atoms with van der Waals surface area (Å²) in [6, 6.07) is 0.237. The zero-order valence-corrected chi connectivity index (χ0v) is 9.08. The number of likely N-dealkylation sites (N-methyl/N-ethyl adjacent to an activating group) is 1. The highest BCUT2D eigenvalue weighted by molar-refractivity contribution is 6.30. The number of methoxy groups -OCH3 is 1. The summed E-state index contributed by atoms with van der Waals surface area (Å²) in [6.07, 6.45) is 3.94. The summed E-state index contributed by atoms with van der Waals surface area (Å²) in [5.41, 5.74) is 0. The molecular weight excluding hydrogens is 202 g/mol. The summed E-state index contributed by atoms with van der Waals surface area (Å²) in [7, 11) is 3.56. The molecule has 0 spiro atoms. The summed E-state index contributed by atoms with van der Waals surface area (Å²) in [5.74, 6) is 0.769. The third-order valence-corrected chi connectivity index (χ3v) is 2.07. The standard InChI is InChI=1S/C9H14ClN3O/c1-11-8(6-14-2)3-9-12-4-7(10)5-13-9/h4-5,8,11H,3,6H2,1-2H3. The van der Waals surface area contributed by atoms with Crippen LogP contribution in [0.1, 0.15) is 5.82 Å². The molecule has 0 saturated heterocycles. The molecule has 1 aromatic heterocycles. The lowest BCUT2D eigenvalue weighted by Crippen LogP contribution is -2.32.